The smallest absolute Gasteiger partial charge is 0.341 e. The summed E-state index contributed by atoms with van der Waals surface area (Å²) in [6.07, 6.45) is 0. The minimum absolute atomic E-state index is 0.0900. The van der Waals surface area contributed by atoms with Crippen LogP contribution in [0, 0.1) is 6.92 Å². The summed E-state index contributed by atoms with van der Waals surface area (Å²) < 4.78 is 20.7. The van der Waals surface area contributed by atoms with Gasteiger partial charge in [0.2, 0.25) is 5.75 Å². The number of nitrogens with one attached hydrogen (secondary N) is 2. The van der Waals surface area contributed by atoms with Gasteiger partial charge in [0.15, 0.2) is 11.5 Å². The number of rotatable bonds is 8. The first-order valence-electron chi connectivity index (χ1n) is 9.32. The van der Waals surface area contributed by atoms with Crippen molar-refractivity contribution in [1.29, 1.82) is 0 Å². The molecule has 10 heteroatoms. The number of carbonyl (C=O) groups excluding carboxylic acids is 3. The SMILES string of the molecule is COC(=O)c1c(NC(=O)c2cc(OC)c(OC)c(OC)c2)sc(C(=O)NC(C)C)c1C. The van der Waals surface area contributed by atoms with Crippen molar-refractivity contribution < 1.29 is 33.3 Å². The highest BCUT2D eigenvalue weighted by molar-refractivity contribution is 7.18. The molecule has 0 saturated heterocycles. The first-order valence-corrected chi connectivity index (χ1v) is 10.1. The van der Waals surface area contributed by atoms with Crippen molar-refractivity contribution in [3.05, 3.63) is 33.7 Å². The standard InChI is InChI=1S/C21H26N2O7S/c1-10(2)22-19(25)17-11(3)15(21(26)30-7)20(31-17)23-18(24)12-8-13(27-4)16(29-6)14(9-12)28-5/h8-10H,1-7H3,(H,22,25)(H,23,24). The van der Waals surface area contributed by atoms with E-state index in [9.17, 15) is 14.4 Å². The molecule has 0 aliphatic carbocycles. The van der Waals surface area contributed by atoms with Gasteiger partial charge >= 0.3 is 5.97 Å². The molecule has 2 N–H and O–H groups in total. The Labute approximate surface area is 184 Å². The second kappa shape index (κ2) is 10.2. The van der Waals surface area contributed by atoms with Crippen LogP contribution < -0.4 is 24.8 Å². The normalized spacial score (nSPS) is 10.5. The molecule has 0 aliphatic rings. The van der Waals surface area contributed by atoms with E-state index in [1.807, 2.05) is 13.8 Å². The number of methoxy groups -OCH3 is 4. The van der Waals surface area contributed by atoms with Crippen molar-refractivity contribution in [1.82, 2.24) is 5.32 Å². The van der Waals surface area contributed by atoms with E-state index >= 15 is 0 Å². The molecule has 1 aromatic carbocycles. The number of ether oxygens (including phenoxy) is 4. The molecule has 168 valence electrons. The van der Waals surface area contributed by atoms with Crippen LogP contribution in [0.15, 0.2) is 12.1 Å². The summed E-state index contributed by atoms with van der Waals surface area (Å²) in [7, 11) is 5.58. The minimum atomic E-state index is -0.655. The molecule has 31 heavy (non-hydrogen) atoms. The largest absolute Gasteiger partial charge is 0.493 e. The summed E-state index contributed by atoms with van der Waals surface area (Å²) in [6.45, 7) is 5.29. The monoisotopic (exact) mass is 450 g/mol. The zero-order valence-electron chi connectivity index (χ0n) is 18.5. The Hall–Kier alpha value is -3.27. The quantitative estimate of drug-likeness (QED) is 0.594. The average Bonchev–Trinajstić information content (AvgIpc) is 3.07. The highest BCUT2D eigenvalue weighted by Gasteiger charge is 2.27. The van der Waals surface area contributed by atoms with Gasteiger partial charge in [0.1, 0.15) is 5.00 Å². The zero-order chi connectivity index (χ0) is 23.3. The zero-order valence-corrected chi connectivity index (χ0v) is 19.3. The third kappa shape index (κ3) is 5.08. The van der Waals surface area contributed by atoms with Crippen LogP contribution in [0.3, 0.4) is 0 Å². The van der Waals surface area contributed by atoms with E-state index < -0.39 is 11.9 Å². The average molecular weight is 451 g/mol. The number of hydrogen-bond acceptors (Lipinski definition) is 8. The third-order valence-electron chi connectivity index (χ3n) is 4.32. The van der Waals surface area contributed by atoms with Gasteiger partial charge in [-0.3, -0.25) is 9.59 Å². The maximum absolute atomic E-state index is 13.0. The van der Waals surface area contributed by atoms with Gasteiger partial charge in [0, 0.05) is 11.6 Å². The topological polar surface area (TPSA) is 112 Å². The molecule has 0 fully saturated rings. The molecule has 0 saturated carbocycles. The van der Waals surface area contributed by atoms with Gasteiger partial charge in [0.05, 0.1) is 38.9 Å². The van der Waals surface area contributed by atoms with Crippen LogP contribution in [0.2, 0.25) is 0 Å². The van der Waals surface area contributed by atoms with Crippen molar-refractivity contribution in [3.8, 4) is 17.2 Å². The molecule has 2 amide bonds. The Morgan fingerprint density at radius 2 is 1.52 bits per heavy atom. The number of amides is 2. The van der Waals surface area contributed by atoms with Crippen molar-refractivity contribution in [2.45, 2.75) is 26.8 Å². The molecule has 0 aliphatic heterocycles. The van der Waals surface area contributed by atoms with Crippen LogP contribution in [0.4, 0.5) is 5.00 Å². The number of esters is 1. The molecule has 0 spiro atoms. The van der Waals surface area contributed by atoms with Crippen LogP contribution in [0.5, 0.6) is 17.2 Å². The molecule has 0 unspecified atom stereocenters. The minimum Gasteiger partial charge on any atom is -0.493 e. The predicted molar refractivity (Wildman–Crippen MR) is 117 cm³/mol. The number of thiophene rings is 1. The van der Waals surface area contributed by atoms with E-state index in [0.717, 1.165) is 11.3 Å². The molecule has 0 radical (unpaired) electrons. The van der Waals surface area contributed by atoms with Crippen LogP contribution in [0.25, 0.3) is 0 Å². The predicted octanol–water partition coefficient (Wildman–Crippen LogP) is 3.26. The maximum atomic E-state index is 13.0. The van der Waals surface area contributed by atoms with Gasteiger partial charge in [-0.1, -0.05) is 0 Å². The molecular formula is C21H26N2O7S. The van der Waals surface area contributed by atoms with E-state index in [1.165, 1.54) is 40.6 Å². The van der Waals surface area contributed by atoms with Gasteiger partial charge in [-0.15, -0.1) is 11.3 Å². The van der Waals surface area contributed by atoms with Gasteiger partial charge in [-0.25, -0.2) is 4.79 Å². The fourth-order valence-corrected chi connectivity index (χ4v) is 3.97. The van der Waals surface area contributed by atoms with Crippen LogP contribution in [-0.4, -0.2) is 52.3 Å². The second-order valence-electron chi connectivity index (χ2n) is 6.75. The summed E-state index contributed by atoms with van der Waals surface area (Å²) in [5.41, 5.74) is 0.766. The van der Waals surface area contributed by atoms with E-state index in [0.29, 0.717) is 27.7 Å². The third-order valence-corrected chi connectivity index (χ3v) is 5.52. The second-order valence-corrected chi connectivity index (χ2v) is 7.77. The molecule has 9 nitrogen and oxygen atoms in total. The van der Waals surface area contributed by atoms with Gasteiger partial charge < -0.3 is 29.6 Å². The molecule has 2 aromatic rings. The lowest BCUT2D eigenvalue weighted by atomic mass is 10.1. The summed E-state index contributed by atoms with van der Waals surface area (Å²) in [4.78, 5) is 38.2. The summed E-state index contributed by atoms with van der Waals surface area (Å²) in [5, 5.41) is 5.69. The maximum Gasteiger partial charge on any atom is 0.341 e. The van der Waals surface area contributed by atoms with Crippen LogP contribution >= 0.6 is 11.3 Å². The molecule has 0 atom stereocenters. The lowest BCUT2D eigenvalue weighted by Crippen LogP contribution is -2.29. The Kier molecular flexibility index (Phi) is 7.87. The van der Waals surface area contributed by atoms with Crippen molar-refractivity contribution in [2.24, 2.45) is 0 Å². The summed E-state index contributed by atoms with van der Waals surface area (Å²) in [5.74, 6) is -0.564. The van der Waals surface area contributed by atoms with Crippen molar-refractivity contribution in [3.63, 3.8) is 0 Å². The summed E-state index contributed by atoms with van der Waals surface area (Å²) >= 11 is 0.998. The highest BCUT2D eigenvalue weighted by Crippen LogP contribution is 2.39. The van der Waals surface area contributed by atoms with Crippen LogP contribution in [-0.2, 0) is 4.74 Å². The lowest BCUT2D eigenvalue weighted by molar-refractivity contribution is 0.0601. The Morgan fingerprint density at radius 3 is 1.97 bits per heavy atom. The van der Waals surface area contributed by atoms with Gasteiger partial charge in [-0.2, -0.15) is 0 Å². The van der Waals surface area contributed by atoms with Crippen molar-refractivity contribution >= 4 is 34.1 Å². The highest BCUT2D eigenvalue weighted by atomic mass is 32.1. The number of carbonyl (C=O) groups is 3. The van der Waals surface area contributed by atoms with Gasteiger partial charge in [0.25, 0.3) is 11.8 Å². The number of hydrogen-bond donors (Lipinski definition) is 2. The lowest BCUT2D eigenvalue weighted by Gasteiger charge is -2.14. The number of anilines is 1. The Morgan fingerprint density at radius 1 is 0.935 bits per heavy atom. The van der Waals surface area contributed by atoms with Gasteiger partial charge in [-0.05, 0) is 38.5 Å². The van der Waals surface area contributed by atoms with E-state index in [1.54, 1.807) is 6.92 Å². The first-order chi connectivity index (χ1) is 14.7. The fraction of sp³-hybridized carbons (Fsp3) is 0.381. The van der Waals surface area contributed by atoms with Crippen LogP contribution in [0.1, 0.15) is 49.8 Å². The van der Waals surface area contributed by atoms with E-state index in [4.69, 9.17) is 18.9 Å². The molecule has 0 bridgehead atoms. The Balaban J connectivity index is 2.49. The molecule has 1 heterocycles. The Bertz CT molecular complexity index is 973. The molecule has 2 rings (SSSR count). The van der Waals surface area contributed by atoms with E-state index in [2.05, 4.69) is 10.6 Å². The summed E-state index contributed by atoms with van der Waals surface area (Å²) in [6, 6.07) is 2.88. The number of benzene rings is 1. The fourth-order valence-electron chi connectivity index (χ4n) is 2.88. The molecule has 1 aromatic heterocycles. The molecular weight excluding hydrogens is 424 g/mol. The van der Waals surface area contributed by atoms with E-state index in [-0.39, 0.29) is 28.1 Å². The van der Waals surface area contributed by atoms with Crippen molar-refractivity contribution in [2.75, 3.05) is 33.8 Å². The first kappa shape index (κ1) is 24.0.